The molecule has 1 fully saturated rings. The number of fused-ring (bicyclic) bond motifs is 1. The zero-order valence-electron chi connectivity index (χ0n) is 10.0. The molecule has 0 spiro atoms. The fraction of sp³-hybridized carbons (Fsp3) is 0.364. The van der Waals surface area contributed by atoms with Crippen molar-refractivity contribution >= 4 is 38.7 Å². The number of hydrogen-bond donors (Lipinski definition) is 1. The lowest BCUT2D eigenvalue weighted by atomic mass is 10.3. The Hall–Kier alpha value is -1.54. The minimum absolute atomic E-state index is 0.000373. The number of nitrogens with zero attached hydrogens (tertiary/aromatic N) is 2. The van der Waals surface area contributed by atoms with Crippen LogP contribution in [-0.2, 0) is 14.8 Å². The van der Waals surface area contributed by atoms with E-state index in [1.165, 1.54) is 6.07 Å². The van der Waals surface area contributed by atoms with Crippen molar-refractivity contribution in [2.24, 2.45) is 11.8 Å². The minimum Gasteiger partial charge on any atom is -0.274 e. The van der Waals surface area contributed by atoms with Crippen LogP contribution in [0.4, 0.5) is 0 Å². The van der Waals surface area contributed by atoms with Gasteiger partial charge in [0.2, 0.25) is 5.91 Å². The van der Waals surface area contributed by atoms with Gasteiger partial charge in [-0.1, -0.05) is 13.0 Å². The third-order valence-corrected chi connectivity index (χ3v) is 5.14. The number of carbonyl (C=O) groups is 1. The molecule has 1 aromatic heterocycles. The summed E-state index contributed by atoms with van der Waals surface area (Å²) in [5.41, 5.74) is 0.816. The summed E-state index contributed by atoms with van der Waals surface area (Å²) in [6.07, 6.45) is 0.740. The maximum atomic E-state index is 12.2. The fourth-order valence-electron chi connectivity index (χ4n) is 1.95. The molecule has 0 saturated heterocycles. The molecule has 1 aliphatic rings. The molecular weight excluding hydrogens is 286 g/mol. The Bertz CT molecular complexity index is 753. The quantitative estimate of drug-likeness (QED) is 0.918. The molecule has 0 unspecified atom stereocenters. The molecule has 0 bridgehead atoms. The third kappa shape index (κ3) is 2.21. The molecule has 3 rings (SSSR count). The van der Waals surface area contributed by atoms with Crippen molar-refractivity contribution in [2.75, 3.05) is 0 Å². The van der Waals surface area contributed by atoms with Crippen molar-refractivity contribution in [2.45, 2.75) is 18.2 Å². The maximum Gasteiger partial charge on any atom is 0.266 e. The number of benzene rings is 1. The zero-order valence-corrected chi connectivity index (χ0v) is 11.7. The van der Waals surface area contributed by atoms with Gasteiger partial charge in [-0.15, -0.1) is 0 Å². The fourth-order valence-corrected chi connectivity index (χ4v) is 3.74. The van der Waals surface area contributed by atoms with Crippen molar-refractivity contribution in [1.29, 1.82) is 0 Å². The Labute approximate surface area is 114 Å². The summed E-state index contributed by atoms with van der Waals surface area (Å²) in [7, 11) is -3.88. The molecule has 8 heteroatoms. The summed E-state index contributed by atoms with van der Waals surface area (Å²) in [6, 6.07) is 4.70. The average Bonchev–Trinajstić information content (AvgIpc) is 2.90. The van der Waals surface area contributed by atoms with Gasteiger partial charge in [0.05, 0.1) is 11.7 Å². The van der Waals surface area contributed by atoms with Crippen molar-refractivity contribution in [3.63, 3.8) is 0 Å². The van der Waals surface area contributed by atoms with Gasteiger partial charge in [0.25, 0.3) is 10.0 Å². The van der Waals surface area contributed by atoms with Gasteiger partial charge in [0.15, 0.2) is 0 Å². The molecule has 1 aromatic carbocycles. The largest absolute Gasteiger partial charge is 0.274 e. The standard InChI is InChI=1S/C11H11N3O3S2/c1-6-5-7(6)11(15)14-19(16,17)9-4-2-3-8-10(9)13-18-12-8/h2-4,6-7H,5H2,1H3,(H,14,15)/t6-,7+/m0/s1. The number of amides is 1. The molecule has 1 saturated carbocycles. The van der Waals surface area contributed by atoms with Gasteiger partial charge < -0.3 is 0 Å². The second-order valence-electron chi connectivity index (χ2n) is 4.68. The summed E-state index contributed by atoms with van der Waals surface area (Å²) >= 11 is 0.944. The molecule has 19 heavy (non-hydrogen) atoms. The topological polar surface area (TPSA) is 89.0 Å². The minimum atomic E-state index is -3.88. The van der Waals surface area contributed by atoms with Gasteiger partial charge in [-0.2, -0.15) is 8.75 Å². The Morgan fingerprint density at radius 3 is 2.84 bits per heavy atom. The van der Waals surface area contributed by atoms with Gasteiger partial charge in [0.1, 0.15) is 15.9 Å². The smallest absolute Gasteiger partial charge is 0.266 e. The molecule has 0 radical (unpaired) electrons. The van der Waals surface area contributed by atoms with Crippen LogP contribution in [0.1, 0.15) is 13.3 Å². The van der Waals surface area contributed by atoms with E-state index in [0.717, 1.165) is 18.1 Å². The van der Waals surface area contributed by atoms with E-state index >= 15 is 0 Å². The molecule has 1 aliphatic carbocycles. The summed E-state index contributed by atoms with van der Waals surface area (Å²) in [5.74, 6) is -0.373. The first-order chi connectivity index (χ1) is 8.99. The summed E-state index contributed by atoms with van der Waals surface area (Å²) in [5, 5.41) is 0. The second-order valence-corrected chi connectivity index (χ2v) is 6.86. The van der Waals surface area contributed by atoms with Crippen LogP contribution in [-0.4, -0.2) is 23.1 Å². The lowest BCUT2D eigenvalue weighted by Crippen LogP contribution is -2.32. The van der Waals surface area contributed by atoms with Gasteiger partial charge in [-0.3, -0.25) is 4.79 Å². The monoisotopic (exact) mass is 297 g/mol. The molecule has 1 amide bonds. The van der Waals surface area contributed by atoms with Gasteiger partial charge in [-0.25, -0.2) is 13.1 Å². The first-order valence-corrected chi connectivity index (χ1v) is 7.98. The van der Waals surface area contributed by atoms with Crippen LogP contribution in [0.2, 0.25) is 0 Å². The first-order valence-electron chi connectivity index (χ1n) is 5.77. The highest BCUT2D eigenvalue weighted by atomic mass is 32.2. The third-order valence-electron chi connectivity index (χ3n) is 3.22. The van der Waals surface area contributed by atoms with E-state index in [-0.39, 0.29) is 16.7 Å². The van der Waals surface area contributed by atoms with E-state index in [9.17, 15) is 13.2 Å². The lowest BCUT2D eigenvalue weighted by Gasteiger charge is -2.06. The van der Waals surface area contributed by atoms with Gasteiger partial charge in [-0.05, 0) is 24.5 Å². The molecule has 2 atom stereocenters. The van der Waals surface area contributed by atoms with Crippen LogP contribution >= 0.6 is 11.7 Å². The molecule has 6 nitrogen and oxygen atoms in total. The number of sulfonamides is 1. The highest BCUT2D eigenvalue weighted by Crippen LogP contribution is 2.38. The normalized spacial score (nSPS) is 22.4. The summed E-state index contributed by atoms with van der Waals surface area (Å²) in [4.78, 5) is 11.8. The Balaban J connectivity index is 1.96. The second kappa shape index (κ2) is 4.24. The maximum absolute atomic E-state index is 12.2. The summed E-state index contributed by atoms with van der Waals surface area (Å²) in [6.45, 7) is 1.92. The molecule has 1 heterocycles. The molecular formula is C11H11N3O3S2. The van der Waals surface area contributed by atoms with Crippen LogP contribution in [0.3, 0.4) is 0 Å². The van der Waals surface area contributed by atoms with Gasteiger partial charge in [0, 0.05) is 5.92 Å². The zero-order chi connectivity index (χ0) is 13.6. The molecule has 100 valence electrons. The van der Waals surface area contributed by atoms with Crippen LogP contribution in [0.5, 0.6) is 0 Å². The predicted octanol–water partition coefficient (Wildman–Crippen LogP) is 1.15. The SMILES string of the molecule is C[C@H]1C[C@H]1C(=O)NS(=O)(=O)c1cccc2nsnc12. The Morgan fingerprint density at radius 1 is 1.42 bits per heavy atom. The van der Waals surface area contributed by atoms with E-state index < -0.39 is 15.9 Å². The number of carbonyl (C=O) groups excluding carboxylic acids is 1. The number of hydrogen-bond acceptors (Lipinski definition) is 6. The van der Waals surface area contributed by atoms with E-state index in [2.05, 4.69) is 13.5 Å². The van der Waals surface area contributed by atoms with Crippen molar-refractivity contribution in [3.8, 4) is 0 Å². The molecule has 0 aliphatic heterocycles. The summed E-state index contributed by atoms with van der Waals surface area (Å²) < 4.78 is 34.5. The highest BCUT2D eigenvalue weighted by molar-refractivity contribution is 7.90. The van der Waals surface area contributed by atoms with Crippen LogP contribution in [0, 0.1) is 11.8 Å². The van der Waals surface area contributed by atoms with Gasteiger partial charge >= 0.3 is 0 Å². The van der Waals surface area contributed by atoms with E-state index in [1.54, 1.807) is 12.1 Å². The predicted molar refractivity (Wildman–Crippen MR) is 70.0 cm³/mol. The van der Waals surface area contributed by atoms with E-state index in [1.807, 2.05) is 6.92 Å². The van der Waals surface area contributed by atoms with E-state index in [4.69, 9.17) is 0 Å². The number of rotatable bonds is 3. The number of aromatic nitrogens is 2. The van der Waals surface area contributed by atoms with Crippen molar-refractivity contribution in [3.05, 3.63) is 18.2 Å². The highest BCUT2D eigenvalue weighted by Gasteiger charge is 2.41. The van der Waals surface area contributed by atoms with E-state index in [0.29, 0.717) is 11.0 Å². The number of nitrogens with one attached hydrogen (secondary N) is 1. The van der Waals surface area contributed by atoms with Crippen molar-refractivity contribution in [1.82, 2.24) is 13.5 Å². The average molecular weight is 297 g/mol. The van der Waals surface area contributed by atoms with Crippen molar-refractivity contribution < 1.29 is 13.2 Å². The molecule has 2 aromatic rings. The first kappa shape index (κ1) is 12.5. The van der Waals surface area contributed by atoms with Crippen LogP contribution < -0.4 is 4.72 Å². The molecule has 1 N–H and O–H groups in total. The Morgan fingerprint density at radius 2 is 2.16 bits per heavy atom. The van der Waals surface area contributed by atoms with Crippen LogP contribution in [0.15, 0.2) is 23.1 Å². The lowest BCUT2D eigenvalue weighted by molar-refractivity contribution is -0.120. The Kier molecular flexibility index (Phi) is 2.79. The van der Waals surface area contributed by atoms with Crippen LogP contribution in [0.25, 0.3) is 11.0 Å².